The molecule has 15 N–H and O–H groups in total. The van der Waals surface area contributed by atoms with Crippen molar-refractivity contribution in [1.29, 1.82) is 0 Å². The Labute approximate surface area is 646 Å². The van der Waals surface area contributed by atoms with E-state index in [0.717, 1.165) is 216 Å². The Morgan fingerprint density at radius 1 is 0.482 bits per heavy atom. The van der Waals surface area contributed by atoms with Gasteiger partial charge in [0, 0.05) is 163 Å². The van der Waals surface area contributed by atoms with E-state index in [9.17, 15) is 25.5 Å². The minimum absolute atomic E-state index is 0.00208. The van der Waals surface area contributed by atoms with E-state index in [0.29, 0.717) is 59.9 Å². The second-order valence-electron chi connectivity index (χ2n) is 31.0. The molecule has 1 saturated carbocycles. The fourth-order valence-corrected chi connectivity index (χ4v) is 18.5. The van der Waals surface area contributed by atoms with E-state index in [1.54, 1.807) is 34.4 Å². The predicted molar refractivity (Wildman–Crippen MR) is 425 cm³/mol. The fraction of sp³-hybridized carbons (Fsp3) is 0.564. The number of nitrogens with two attached hydrogens (primary N) is 5. The smallest absolute Gasteiger partial charge is 0.130 e. The second-order valence-corrected chi connectivity index (χ2v) is 32.4. The number of aliphatic hydroxyl groups is 5. The standard InChI is InChI=1S/C17H26N4OS.C17H24N4O.C16H21N7O.C14H17N7O.C14H20N4O/c1-2-23-7-3-4-12-8-21(10-15(12)22)9-13-5-6-14-16(13)19-11-20-17(14)18;18-17-13-6-5-12(16(13)19-10-20-17)7-21-8-14(15(22)9-21)11-3-1-2-4-11;1-2-23-7-13(20-21-23)12-6-22(8-14(12)24)5-10-3-4-11-15(10)18-9-19-16(11)17;15-14-10-2-1-9(13(10)16-8-17-14)5-20-6-11(12(22)7-20)21-4-3-18-19-21;1-2-10-6-18(7-13(10)19)5-9-3-11-12(4-9)16-8-17-14(11)15/h5,11-12,15,22H,2-4,6-10H2,1H3,(H2,18,19,20);5,10-11,14-15,22H,1-4,6-9H2,(H2,18,19,20);3,7,9,12,14,24H,2,4-6,8H2,1H3,(H2,17,18,19);1,3-4,8,11-12,22H,2,5-7H2,(H2,15,16,17);4,8,10,13,19H,2-3,5-7H2,1H3,(H2,15,16,17)/t12?,15-;14?,15-;12?,14-;11?,12-;10-,13+/m00001/s1. The molecule has 0 radical (unpaired) electrons. The van der Waals surface area contributed by atoms with Crippen LogP contribution in [0.2, 0.25) is 0 Å². The number of aryl methyl sites for hydroxylation is 1. The third-order valence-corrected chi connectivity index (χ3v) is 24.8. The van der Waals surface area contributed by atoms with Crippen molar-refractivity contribution in [2.75, 3.05) is 138 Å². The molecular formula is C78H108N26O5S. The molecule has 5 saturated heterocycles. The molecule has 11 aliphatic rings. The number of hydrogen-bond acceptors (Lipinski definition) is 30. The number of nitrogens with zero attached hydrogens (tertiary/aromatic N) is 21. The summed E-state index contributed by atoms with van der Waals surface area (Å²) in [5.74, 6) is 7.27. The van der Waals surface area contributed by atoms with Gasteiger partial charge in [-0.1, -0.05) is 74.3 Å². The van der Waals surface area contributed by atoms with Gasteiger partial charge in [-0.2, -0.15) is 11.8 Å². The first kappa shape index (κ1) is 78.0. The Kier molecular flexibility index (Phi) is 25.4. The molecule has 12 heterocycles. The van der Waals surface area contributed by atoms with Gasteiger partial charge in [0.2, 0.25) is 0 Å². The van der Waals surface area contributed by atoms with Crippen molar-refractivity contribution in [1.82, 2.24) is 104 Å². The van der Waals surface area contributed by atoms with Crippen molar-refractivity contribution < 1.29 is 25.5 Å². The van der Waals surface area contributed by atoms with Gasteiger partial charge in [0.05, 0.1) is 76.9 Å². The number of thioether (sulfide) groups is 1. The summed E-state index contributed by atoms with van der Waals surface area (Å²) in [7, 11) is 0. The number of aliphatic hydroxyl groups excluding tert-OH is 5. The maximum absolute atomic E-state index is 10.4. The van der Waals surface area contributed by atoms with Crippen molar-refractivity contribution in [3.63, 3.8) is 0 Å². The van der Waals surface area contributed by atoms with E-state index in [2.05, 4.69) is 139 Å². The molecule has 0 bridgehead atoms. The number of rotatable bonds is 20. The highest BCUT2D eigenvalue weighted by Crippen LogP contribution is 2.40. The molecule has 31 nitrogen and oxygen atoms in total. The summed E-state index contributed by atoms with van der Waals surface area (Å²) in [6.07, 6.45) is 35.0. The summed E-state index contributed by atoms with van der Waals surface area (Å²) < 4.78 is 3.52. The Bertz CT molecular complexity index is 4470. The van der Waals surface area contributed by atoms with Crippen LogP contribution in [-0.2, 0) is 38.6 Å². The van der Waals surface area contributed by atoms with Crippen LogP contribution in [-0.4, -0.2) is 270 Å². The lowest BCUT2D eigenvalue weighted by Crippen LogP contribution is -2.24. The minimum atomic E-state index is -0.446. The van der Waals surface area contributed by atoms with Crippen LogP contribution in [0.5, 0.6) is 0 Å². The van der Waals surface area contributed by atoms with Crippen molar-refractivity contribution in [2.45, 2.75) is 147 Å². The Balaban J connectivity index is 0.000000115. The SMILES string of the molecule is CCSCCCC1CN(CC2=CCc3c(N)ncnc32)C[C@@H]1O.CC[C@@H]1CN(CC2=Cc3ncnc(N)c3C2)C[C@@H]1O.CCn1cc(C2CN(CC3=CCc4c(N)ncnc43)C[C@@H]2O)nn1.Nc1ncnc2c1CC=C2CN1CC(C2CCCC2)[C@@H](O)C1.Nc1ncnc2c1CC=C2CN1CC(n2ccnn2)[C@@H](O)C1. The summed E-state index contributed by atoms with van der Waals surface area (Å²) >= 11 is 1.98. The van der Waals surface area contributed by atoms with Gasteiger partial charge < -0.3 is 54.2 Å². The van der Waals surface area contributed by atoms with E-state index in [-0.39, 0.29) is 30.3 Å². The number of hydrogen-bond donors (Lipinski definition) is 10. The molecule has 32 heteroatoms. The van der Waals surface area contributed by atoms with Gasteiger partial charge in [0.1, 0.15) is 60.7 Å². The zero-order chi connectivity index (χ0) is 76.5. The lowest BCUT2D eigenvalue weighted by molar-refractivity contribution is 0.113. The molecule has 7 aromatic rings. The number of nitrogen functional groups attached to an aromatic ring is 5. The Hall–Kier alpha value is -8.67. The van der Waals surface area contributed by atoms with Crippen molar-refractivity contribution >= 4 is 69.2 Å². The van der Waals surface area contributed by atoms with Gasteiger partial charge in [-0.05, 0) is 115 Å². The monoisotopic (exact) mass is 1520 g/mol. The first-order valence-corrected chi connectivity index (χ1v) is 40.4. The van der Waals surface area contributed by atoms with Crippen LogP contribution in [0.15, 0.2) is 80.1 Å². The number of fused-ring (bicyclic) bond motifs is 5. The summed E-state index contributed by atoms with van der Waals surface area (Å²) in [6.45, 7) is 19.2. The largest absolute Gasteiger partial charge is 0.391 e. The molecule has 4 unspecified atom stereocenters. The van der Waals surface area contributed by atoms with Gasteiger partial charge in [-0.15, -0.1) is 10.2 Å². The zero-order valence-corrected chi connectivity index (χ0v) is 64.3. The first-order valence-electron chi connectivity index (χ1n) is 39.2. The number of likely N-dealkylation sites (tertiary alicyclic amines) is 5. The molecule has 110 heavy (non-hydrogen) atoms. The highest BCUT2D eigenvalue weighted by molar-refractivity contribution is 7.99. The third-order valence-electron chi connectivity index (χ3n) is 23.8. The van der Waals surface area contributed by atoms with E-state index in [1.165, 1.54) is 79.3 Å². The van der Waals surface area contributed by atoms with Gasteiger partial charge in [0.15, 0.2) is 0 Å². The fourth-order valence-electron chi connectivity index (χ4n) is 17.9. The van der Waals surface area contributed by atoms with Gasteiger partial charge in [0.25, 0.3) is 0 Å². The summed E-state index contributed by atoms with van der Waals surface area (Å²) in [6, 6.07) is -0.0561. The maximum Gasteiger partial charge on any atom is 0.130 e. The van der Waals surface area contributed by atoms with Gasteiger partial charge in [-0.25, -0.2) is 54.5 Å². The topological polar surface area (TPSA) is 438 Å². The molecule has 10 atom stereocenters. The van der Waals surface area contributed by atoms with Crippen LogP contribution in [0.1, 0.15) is 140 Å². The Morgan fingerprint density at radius 2 is 0.955 bits per heavy atom. The summed E-state index contributed by atoms with van der Waals surface area (Å²) in [4.78, 5) is 53.6. The number of allylic oxidation sites excluding steroid dienone is 4. The highest BCUT2D eigenvalue weighted by atomic mass is 32.2. The highest BCUT2D eigenvalue weighted by Gasteiger charge is 2.41. The molecule has 586 valence electrons. The quantitative estimate of drug-likeness (QED) is 0.0487. The van der Waals surface area contributed by atoms with E-state index in [1.807, 2.05) is 24.9 Å². The van der Waals surface area contributed by atoms with Crippen molar-refractivity contribution in [2.24, 2.45) is 23.7 Å². The second kappa shape index (κ2) is 35.8. The number of anilines is 5. The van der Waals surface area contributed by atoms with E-state index >= 15 is 0 Å². The Morgan fingerprint density at radius 3 is 1.45 bits per heavy atom. The normalized spacial score (nSPS) is 25.4. The molecule has 6 fully saturated rings. The average molecular weight is 1520 g/mol. The van der Waals surface area contributed by atoms with Crippen LogP contribution < -0.4 is 28.7 Å². The van der Waals surface area contributed by atoms with Gasteiger partial charge >= 0.3 is 0 Å². The molecule has 0 aromatic carbocycles. The first-order chi connectivity index (χ1) is 53.4. The zero-order valence-electron chi connectivity index (χ0n) is 63.5. The number of β-amino-alcohol motifs (C(OH)–C–C–N with tert-alkyl or cyclic N) is 5. The van der Waals surface area contributed by atoms with Crippen molar-refractivity contribution in [3.05, 3.63) is 142 Å². The summed E-state index contributed by atoms with van der Waals surface area (Å²) in [5.41, 5.74) is 46.5. The van der Waals surface area contributed by atoms with Crippen LogP contribution in [0, 0.1) is 23.7 Å². The molecule has 0 amide bonds. The molecule has 7 aromatic heterocycles. The van der Waals surface area contributed by atoms with Crippen LogP contribution >= 0.6 is 11.8 Å². The molecular weight excluding hydrogens is 1410 g/mol. The summed E-state index contributed by atoms with van der Waals surface area (Å²) in [5, 5.41) is 67.4. The van der Waals surface area contributed by atoms with Crippen LogP contribution in [0.25, 0.3) is 28.4 Å². The van der Waals surface area contributed by atoms with E-state index < -0.39 is 12.2 Å². The lowest BCUT2D eigenvalue weighted by Gasteiger charge is -2.21. The average Bonchev–Trinajstić information content (AvgIpc) is 1.65. The van der Waals surface area contributed by atoms with Gasteiger partial charge in [-0.3, -0.25) is 29.2 Å². The van der Waals surface area contributed by atoms with Crippen LogP contribution in [0.4, 0.5) is 29.1 Å². The third kappa shape index (κ3) is 18.1. The lowest BCUT2D eigenvalue weighted by atomic mass is 9.88. The molecule has 6 aliphatic carbocycles. The minimum Gasteiger partial charge on any atom is -0.391 e. The number of aromatic nitrogens is 16. The molecule has 5 aliphatic heterocycles. The van der Waals surface area contributed by atoms with E-state index in [4.69, 9.17) is 28.7 Å². The molecule has 18 rings (SSSR count). The predicted octanol–water partition coefficient (Wildman–Crippen LogP) is 3.58. The molecule has 0 spiro atoms. The maximum atomic E-state index is 10.4. The van der Waals surface area contributed by atoms with Crippen LogP contribution in [0.3, 0.4) is 0 Å². The van der Waals surface area contributed by atoms with Crippen molar-refractivity contribution in [3.8, 4) is 0 Å².